The lowest BCUT2D eigenvalue weighted by Crippen LogP contribution is -2.38. The largest absolute Gasteiger partial charge is 0.466 e. The number of nitrogens with one attached hydrogen (secondary N) is 1. The highest BCUT2D eigenvalue weighted by atomic mass is 35.5. The van der Waals surface area contributed by atoms with Crippen LogP contribution in [0, 0.1) is 5.41 Å². The minimum Gasteiger partial charge on any atom is -0.466 e. The molecule has 0 fully saturated rings. The number of dihydropyridines is 1. The van der Waals surface area contributed by atoms with Gasteiger partial charge in [0.05, 0.1) is 29.2 Å². The van der Waals surface area contributed by atoms with Crippen molar-refractivity contribution in [3.63, 3.8) is 0 Å². The molecule has 0 bridgehead atoms. The predicted octanol–water partition coefficient (Wildman–Crippen LogP) is 6.40. The fourth-order valence-electron chi connectivity index (χ4n) is 4.64. The lowest BCUT2D eigenvalue weighted by Gasteiger charge is -2.38. The molecule has 2 heterocycles. The van der Waals surface area contributed by atoms with E-state index in [1.165, 1.54) is 13.2 Å². The molecule has 4 rings (SSSR count). The molecule has 2 aromatic rings. The number of allylic oxidation sites excluding steroid dienone is 3. The molecule has 0 radical (unpaired) electrons. The summed E-state index contributed by atoms with van der Waals surface area (Å²) >= 11 is 6.18. The van der Waals surface area contributed by atoms with E-state index in [0.717, 1.165) is 18.2 Å². The number of methoxy groups -OCH3 is 1. The molecule has 1 aliphatic carbocycles. The van der Waals surface area contributed by atoms with Gasteiger partial charge in [0.25, 0.3) is 0 Å². The van der Waals surface area contributed by atoms with Gasteiger partial charge in [0.15, 0.2) is 5.78 Å². The minimum absolute atomic E-state index is 0.0577. The number of rotatable bonds is 3. The summed E-state index contributed by atoms with van der Waals surface area (Å²) in [6.45, 7) is 5.68. The molecular formula is C25H23ClF3NO4. The lowest BCUT2D eigenvalue weighted by atomic mass is 9.69. The maximum absolute atomic E-state index is 13.2. The zero-order chi connectivity index (χ0) is 25.0. The first-order valence-corrected chi connectivity index (χ1v) is 11.0. The molecule has 0 spiro atoms. The predicted molar refractivity (Wildman–Crippen MR) is 120 cm³/mol. The van der Waals surface area contributed by atoms with Crippen LogP contribution in [0.3, 0.4) is 0 Å². The molecule has 1 aromatic heterocycles. The Balaban J connectivity index is 1.85. The number of esters is 1. The second kappa shape index (κ2) is 8.34. The summed E-state index contributed by atoms with van der Waals surface area (Å²) in [5.41, 5.74) is 0.764. The van der Waals surface area contributed by atoms with Gasteiger partial charge in [-0.3, -0.25) is 4.79 Å². The highest BCUT2D eigenvalue weighted by Crippen LogP contribution is 2.48. The first kappa shape index (κ1) is 24.1. The van der Waals surface area contributed by atoms with Crippen LogP contribution in [0.5, 0.6) is 0 Å². The van der Waals surface area contributed by atoms with E-state index in [2.05, 4.69) is 5.32 Å². The van der Waals surface area contributed by atoms with Gasteiger partial charge in [-0.15, -0.1) is 0 Å². The Morgan fingerprint density at radius 3 is 2.56 bits per heavy atom. The Hall–Kier alpha value is -3.00. The summed E-state index contributed by atoms with van der Waals surface area (Å²) in [4.78, 5) is 25.9. The number of benzene rings is 1. The first-order valence-electron chi connectivity index (χ1n) is 10.6. The number of ether oxygens (including phenoxy) is 1. The van der Waals surface area contributed by atoms with E-state index < -0.39 is 23.6 Å². The standard InChI is InChI=1S/C25H23ClF3NO4/c1-12-20(23(32)33-4)22(21-16(30-12)10-24(2,3)11-17(21)31)19-8-7-18(34-19)14-9-13(25(27,28)29)5-6-15(14)26/h5-9,22,30H,10-11H2,1-4H3/t22-/m0/s1. The molecule has 0 saturated heterocycles. The number of carbonyl (C=O) groups excluding carboxylic acids is 2. The summed E-state index contributed by atoms with van der Waals surface area (Å²) < 4.78 is 50.7. The van der Waals surface area contributed by atoms with Gasteiger partial charge in [0.2, 0.25) is 0 Å². The maximum Gasteiger partial charge on any atom is 0.416 e. The van der Waals surface area contributed by atoms with Crippen LogP contribution in [-0.2, 0) is 20.5 Å². The number of ketones is 1. The van der Waals surface area contributed by atoms with Crippen LogP contribution in [0.25, 0.3) is 11.3 Å². The highest BCUT2D eigenvalue weighted by molar-refractivity contribution is 6.33. The summed E-state index contributed by atoms with van der Waals surface area (Å²) in [6.07, 6.45) is -3.68. The van der Waals surface area contributed by atoms with Gasteiger partial charge in [0, 0.05) is 29.0 Å². The molecule has 0 amide bonds. The minimum atomic E-state index is -4.55. The van der Waals surface area contributed by atoms with Crippen molar-refractivity contribution in [2.24, 2.45) is 5.41 Å². The van der Waals surface area contributed by atoms with Crippen molar-refractivity contribution in [3.8, 4) is 11.3 Å². The van der Waals surface area contributed by atoms with Crippen molar-refractivity contribution < 1.29 is 31.9 Å². The van der Waals surface area contributed by atoms with E-state index in [4.69, 9.17) is 20.8 Å². The van der Waals surface area contributed by atoms with Gasteiger partial charge in [-0.2, -0.15) is 13.2 Å². The zero-order valence-electron chi connectivity index (χ0n) is 19.0. The van der Waals surface area contributed by atoms with E-state index in [1.54, 1.807) is 13.0 Å². The van der Waals surface area contributed by atoms with Crippen LogP contribution in [0.15, 0.2) is 57.3 Å². The molecule has 1 N–H and O–H groups in total. The average molecular weight is 494 g/mol. The van der Waals surface area contributed by atoms with Crippen LogP contribution in [-0.4, -0.2) is 18.9 Å². The van der Waals surface area contributed by atoms with E-state index >= 15 is 0 Å². The zero-order valence-corrected chi connectivity index (χ0v) is 19.8. The second-order valence-electron chi connectivity index (χ2n) is 9.32. The fraction of sp³-hybridized carbons (Fsp3) is 0.360. The number of Topliss-reactive ketones (excluding diaryl/α,β-unsaturated/α-hetero) is 1. The SMILES string of the molecule is COC(=O)C1=C(C)NC2=C(C(=O)CC(C)(C)C2)[C@H]1c1ccc(-c2cc(C(F)(F)F)ccc2Cl)o1. The third-order valence-corrected chi connectivity index (χ3v) is 6.45. The molecule has 9 heteroatoms. The second-order valence-corrected chi connectivity index (χ2v) is 9.72. The van der Waals surface area contributed by atoms with Gasteiger partial charge in [0.1, 0.15) is 11.5 Å². The van der Waals surface area contributed by atoms with E-state index in [9.17, 15) is 22.8 Å². The van der Waals surface area contributed by atoms with Crippen molar-refractivity contribution in [2.45, 2.75) is 45.7 Å². The Bertz CT molecular complexity index is 1250. The molecule has 0 saturated carbocycles. The summed E-state index contributed by atoms with van der Waals surface area (Å²) in [7, 11) is 1.24. The molecule has 1 aromatic carbocycles. The third kappa shape index (κ3) is 4.27. The molecule has 180 valence electrons. The van der Waals surface area contributed by atoms with Gasteiger partial charge in [-0.1, -0.05) is 25.4 Å². The summed E-state index contributed by atoms with van der Waals surface area (Å²) in [5, 5.41) is 3.27. The van der Waals surface area contributed by atoms with Gasteiger partial charge < -0.3 is 14.5 Å². The molecule has 2 aliphatic rings. The van der Waals surface area contributed by atoms with Gasteiger partial charge in [-0.25, -0.2) is 4.79 Å². The third-order valence-electron chi connectivity index (χ3n) is 6.12. The number of furan rings is 1. The normalized spacial score (nSPS) is 20.2. The van der Waals surface area contributed by atoms with Crippen LogP contribution < -0.4 is 5.32 Å². The molecule has 5 nitrogen and oxygen atoms in total. The Morgan fingerprint density at radius 2 is 1.91 bits per heavy atom. The Morgan fingerprint density at radius 1 is 1.21 bits per heavy atom. The molecule has 1 atom stereocenters. The van der Waals surface area contributed by atoms with Crippen LogP contribution >= 0.6 is 11.6 Å². The van der Waals surface area contributed by atoms with Crippen molar-refractivity contribution in [1.82, 2.24) is 5.32 Å². The monoisotopic (exact) mass is 493 g/mol. The number of carbonyl (C=O) groups is 2. The Kier molecular flexibility index (Phi) is 5.92. The molecular weight excluding hydrogens is 471 g/mol. The van der Waals surface area contributed by atoms with Crippen LogP contribution in [0.4, 0.5) is 13.2 Å². The fourth-order valence-corrected chi connectivity index (χ4v) is 4.85. The smallest absolute Gasteiger partial charge is 0.416 e. The maximum atomic E-state index is 13.2. The van der Waals surface area contributed by atoms with Crippen LogP contribution in [0.1, 0.15) is 50.9 Å². The highest BCUT2D eigenvalue weighted by Gasteiger charge is 2.44. The first-order chi connectivity index (χ1) is 15.8. The number of hydrogen-bond acceptors (Lipinski definition) is 5. The Labute approximate surface area is 199 Å². The van der Waals surface area contributed by atoms with Crippen molar-refractivity contribution in [2.75, 3.05) is 7.11 Å². The number of alkyl halides is 3. The van der Waals surface area contributed by atoms with Gasteiger partial charge >= 0.3 is 12.1 Å². The van der Waals surface area contributed by atoms with Crippen molar-refractivity contribution in [1.29, 1.82) is 0 Å². The van der Waals surface area contributed by atoms with Gasteiger partial charge in [-0.05, 0) is 49.1 Å². The molecule has 1 aliphatic heterocycles. The number of hydrogen-bond donors (Lipinski definition) is 1. The van der Waals surface area contributed by atoms with E-state index in [-0.39, 0.29) is 45.3 Å². The van der Waals surface area contributed by atoms with E-state index in [0.29, 0.717) is 23.4 Å². The number of halogens is 4. The van der Waals surface area contributed by atoms with Crippen molar-refractivity contribution >= 4 is 23.4 Å². The summed E-state index contributed by atoms with van der Waals surface area (Å²) in [6, 6.07) is 6.00. The lowest BCUT2D eigenvalue weighted by molar-refractivity contribution is -0.138. The average Bonchev–Trinajstić information content (AvgIpc) is 3.20. The van der Waals surface area contributed by atoms with E-state index in [1.807, 2.05) is 13.8 Å². The topological polar surface area (TPSA) is 68.5 Å². The molecule has 34 heavy (non-hydrogen) atoms. The van der Waals surface area contributed by atoms with Crippen LogP contribution in [0.2, 0.25) is 5.02 Å². The van der Waals surface area contributed by atoms with Crippen molar-refractivity contribution in [3.05, 3.63) is 69.2 Å². The molecule has 0 unspecified atom stereocenters. The quantitative estimate of drug-likeness (QED) is 0.501. The summed E-state index contributed by atoms with van der Waals surface area (Å²) in [5.74, 6) is -1.28.